The highest BCUT2D eigenvalue weighted by molar-refractivity contribution is 5.76. The molecule has 0 spiro atoms. The molecule has 1 amide bonds. The number of hydrogen-bond acceptors (Lipinski definition) is 4. The minimum absolute atomic E-state index is 0.0959. The van der Waals surface area contributed by atoms with Crippen LogP contribution in [0.1, 0.15) is 27.2 Å². The summed E-state index contributed by atoms with van der Waals surface area (Å²) in [7, 11) is 1.99. The minimum Gasteiger partial charge on any atom is -0.380 e. The van der Waals surface area contributed by atoms with Crippen LogP contribution in [0.15, 0.2) is 0 Å². The smallest absolute Gasteiger partial charge is 0.224 e. The molecule has 0 rings (SSSR count). The van der Waals surface area contributed by atoms with Gasteiger partial charge in [0.15, 0.2) is 0 Å². The fourth-order valence-corrected chi connectivity index (χ4v) is 1.86. The van der Waals surface area contributed by atoms with Crippen molar-refractivity contribution in [3.8, 4) is 0 Å². The lowest BCUT2D eigenvalue weighted by molar-refractivity contribution is -0.132. The Morgan fingerprint density at radius 1 is 1.28 bits per heavy atom. The van der Waals surface area contributed by atoms with Gasteiger partial charge >= 0.3 is 0 Å². The first kappa shape index (κ1) is 17.4. The summed E-state index contributed by atoms with van der Waals surface area (Å²) in [6.07, 6.45) is 0.487. The fraction of sp³-hybridized carbons (Fsp3) is 0.923. The topological polar surface area (TPSA) is 58.8 Å². The second-order valence-electron chi connectivity index (χ2n) is 4.34. The maximum atomic E-state index is 12.0. The van der Waals surface area contributed by atoms with Crippen LogP contribution in [-0.4, -0.2) is 68.2 Å². The van der Waals surface area contributed by atoms with Crippen molar-refractivity contribution in [2.24, 2.45) is 5.73 Å². The molecule has 1 atom stereocenters. The number of hydrogen-bond donors (Lipinski definition) is 1. The first-order valence-corrected chi connectivity index (χ1v) is 6.86. The predicted octanol–water partition coefficient (Wildman–Crippen LogP) is 0.541. The molecule has 0 saturated heterocycles. The molecular weight excluding hydrogens is 230 g/mol. The van der Waals surface area contributed by atoms with E-state index in [9.17, 15) is 4.79 Å². The van der Waals surface area contributed by atoms with Crippen molar-refractivity contribution < 1.29 is 9.53 Å². The molecule has 5 heteroatoms. The van der Waals surface area contributed by atoms with Crippen molar-refractivity contribution in [3.63, 3.8) is 0 Å². The Kier molecular flexibility index (Phi) is 9.92. The average molecular weight is 259 g/mol. The van der Waals surface area contributed by atoms with Gasteiger partial charge in [-0.3, -0.25) is 9.69 Å². The van der Waals surface area contributed by atoms with Crippen molar-refractivity contribution in [2.75, 3.05) is 46.4 Å². The number of carbonyl (C=O) groups is 1. The quantitative estimate of drug-likeness (QED) is 0.582. The van der Waals surface area contributed by atoms with Gasteiger partial charge in [0, 0.05) is 45.2 Å². The van der Waals surface area contributed by atoms with Gasteiger partial charge in [0.25, 0.3) is 0 Å². The predicted molar refractivity (Wildman–Crippen MR) is 74.5 cm³/mol. The van der Waals surface area contributed by atoms with Crippen molar-refractivity contribution >= 4 is 5.91 Å². The number of carbonyl (C=O) groups excluding carboxylic acids is 1. The van der Waals surface area contributed by atoms with Crippen molar-refractivity contribution in [1.29, 1.82) is 0 Å². The normalized spacial score (nSPS) is 12.8. The van der Waals surface area contributed by atoms with Crippen LogP contribution >= 0.6 is 0 Å². The van der Waals surface area contributed by atoms with Gasteiger partial charge in [-0.05, 0) is 27.8 Å². The lowest BCUT2D eigenvalue weighted by Gasteiger charge is -2.28. The second kappa shape index (κ2) is 10.3. The monoisotopic (exact) mass is 259 g/mol. The summed E-state index contributed by atoms with van der Waals surface area (Å²) >= 11 is 0. The maximum absolute atomic E-state index is 12.0. The van der Waals surface area contributed by atoms with Gasteiger partial charge < -0.3 is 15.4 Å². The first-order chi connectivity index (χ1) is 8.60. The van der Waals surface area contributed by atoms with Crippen molar-refractivity contribution in [1.82, 2.24) is 9.80 Å². The zero-order valence-electron chi connectivity index (χ0n) is 12.3. The maximum Gasteiger partial charge on any atom is 0.224 e. The molecule has 1 unspecified atom stereocenters. The van der Waals surface area contributed by atoms with Crippen LogP contribution in [0.4, 0.5) is 0 Å². The molecule has 2 N–H and O–H groups in total. The molecule has 0 aromatic carbocycles. The zero-order chi connectivity index (χ0) is 14.0. The molecule has 0 bridgehead atoms. The summed E-state index contributed by atoms with van der Waals surface area (Å²) < 4.78 is 5.32. The number of nitrogens with zero attached hydrogens (tertiary/aromatic N) is 2. The van der Waals surface area contributed by atoms with Crippen LogP contribution in [0.25, 0.3) is 0 Å². The largest absolute Gasteiger partial charge is 0.380 e. The van der Waals surface area contributed by atoms with Gasteiger partial charge in [-0.25, -0.2) is 0 Å². The number of likely N-dealkylation sites (N-methyl/N-ethyl adjacent to an activating group) is 1. The Hall–Kier alpha value is -0.650. The third-order valence-electron chi connectivity index (χ3n) is 3.21. The molecule has 108 valence electrons. The molecule has 0 aromatic rings. The van der Waals surface area contributed by atoms with Crippen LogP contribution in [0, 0.1) is 0 Å². The van der Waals surface area contributed by atoms with Crippen LogP contribution in [0.3, 0.4) is 0 Å². The van der Waals surface area contributed by atoms with E-state index in [0.717, 1.165) is 26.2 Å². The van der Waals surface area contributed by atoms with Gasteiger partial charge in [-0.15, -0.1) is 0 Å². The van der Waals surface area contributed by atoms with Crippen LogP contribution in [-0.2, 0) is 9.53 Å². The molecule has 18 heavy (non-hydrogen) atoms. The van der Waals surface area contributed by atoms with Gasteiger partial charge in [0.1, 0.15) is 0 Å². The standard InChI is InChI=1S/C13H29N3O2/c1-5-16(6-2)13(17)10-12(11-14)15(4)8-9-18-7-3/h12H,5-11,14H2,1-4H3. The van der Waals surface area contributed by atoms with Gasteiger partial charge in [0.05, 0.1) is 6.61 Å². The Labute approximate surface area is 111 Å². The molecule has 0 aliphatic heterocycles. The highest BCUT2D eigenvalue weighted by atomic mass is 16.5. The first-order valence-electron chi connectivity index (χ1n) is 6.86. The summed E-state index contributed by atoms with van der Waals surface area (Å²) in [4.78, 5) is 16.0. The van der Waals surface area contributed by atoms with E-state index in [4.69, 9.17) is 10.5 Å². The molecule has 0 fully saturated rings. The van der Waals surface area contributed by atoms with Crippen LogP contribution in [0.5, 0.6) is 0 Å². The van der Waals surface area contributed by atoms with E-state index in [1.54, 1.807) is 0 Å². The third-order valence-corrected chi connectivity index (χ3v) is 3.21. The van der Waals surface area contributed by atoms with Crippen molar-refractivity contribution in [2.45, 2.75) is 33.2 Å². The molecule has 0 heterocycles. The molecule has 0 radical (unpaired) electrons. The minimum atomic E-state index is 0.0959. The summed E-state index contributed by atoms with van der Waals surface area (Å²) in [6, 6.07) is 0.0959. The van der Waals surface area contributed by atoms with E-state index in [0.29, 0.717) is 19.6 Å². The summed E-state index contributed by atoms with van der Waals surface area (Å²) in [5.74, 6) is 0.179. The zero-order valence-corrected chi connectivity index (χ0v) is 12.3. The molecule has 5 nitrogen and oxygen atoms in total. The fourth-order valence-electron chi connectivity index (χ4n) is 1.86. The van der Waals surface area contributed by atoms with E-state index in [1.165, 1.54) is 0 Å². The molecule has 0 aliphatic carbocycles. The van der Waals surface area contributed by atoms with Gasteiger partial charge in [-0.1, -0.05) is 0 Å². The Morgan fingerprint density at radius 2 is 1.89 bits per heavy atom. The Bertz CT molecular complexity index is 220. The van der Waals surface area contributed by atoms with Crippen LogP contribution in [0.2, 0.25) is 0 Å². The van der Waals surface area contributed by atoms with Crippen LogP contribution < -0.4 is 5.73 Å². The lowest BCUT2D eigenvalue weighted by atomic mass is 10.1. The van der Waals surface area contributed by atoms with E-state index in [-0.39, 0.29) is 11.9 Å². The Balaban J connectivity index is 4.19. The number of rotatable bonds is 10. The van der Waals surface area contributed by atoms with Gasteiger partial charge in [-0.2, -0.15) is 0 Å². The molecule has 0 aliphatic rings. The number of ether oxygens (including phenoxy) is 1. The number of nitrogens with two attached hydrogens (primary N) is 1. The van der Waals surface area contributed by atoms with E-state index in [1.807, 2.05) is 32.7 Å². The lowest BCUT2D eigenvalue weighted by Crippen LogP contribution is -2.44. The van der Waals surface area contributed by atoms with E-state index >= 15 is 0 Å². The second-order valence-corrected chi connectivity index (χ2v) is 4.34. The SMILES string of the molecule is CCOCCN(C)C(CN)CC(=O)N(CC)CC. The molecular formula is C13H29N3O2. The van der Waals surface area contributed by atoms with E-state index < -0.39 is 0 Å². The van der Waals surface area contributed by atoms with E-state index in [2.05, 4.69) is 4.90 Å². The third kappa shape index (κ3) is 6.33. The summed E-state index contributed by atoms with van der Waals surface area (Å²) in [5, 5.41) is 0. The average Bonchev–Trinajstić information content (AvgIpc) is 2.37. The Morgan fingerprint density at radius 3 is 2.33 bits per heavy atom. The number of amides is 1. The highest BCUT2D eigenvalue weighted by Gasteiger charge is 2.19. The van der Waals surface area contributed by atoms with Gasteiger partial charge in [0.2, 0.25) is 5.91 Å². The molecule has 0 aromatic heterocycles. The summed E-state index contributed by atoms with van der Waals surface area (Å²) in [6.45, 7) is 10.2. The van der Waals surface area contributed by atoms with Crippen molar-refractivity contribution in [3.05, 3.63) is 0 Å². The molecule has 0 saturated carbocycles. The highest BCUT2D eigenvalue weighted by Crippen LogP contribution is 2.04. The summed E-state index contributed by atoms with van der Waals surface area (Å²) in [5.41, 5.74) is 5.76.